The molecule has 0 N–H and O–H groups in total. The van der Waals surface area contributed by atoms with Gasteiger partial charge in [-0.15, -0.1) is 0 Å². The van der Waals surface area contributed by atoms with Crippen LogP contribution in [0.3, 0.4) is 0 Å². The van der Waals surface area contributed by atoms with E-state index in [1.165, 1.54) is 22.5 Å². The third-order valence-electron chi connectivity index (χ3n) is 5.28. The highest BCUT2D eigenvalue weighted by Gasteiger charge is 2.33. The summed E-state index contributed by atoms with van der Waals surface area (Å²) in [5.41, 5.74) is 0.899. The van der Waals surface area contributed by atoms with Crippen LogP contribution in [0.2, 0.25) is 0 Å². The minimum Gasteiger partial charge on any atom is -0.266 e. The molecule has 2 aromatic rings. The Kier molecular flexibility index (Phi) is 5.12. The van der Waals surface area contributed by atoms with E-state index in [4.69, 9.17) is 0 Å². The van der Waals surface area contributed by atoms with Gasteiger partial charge in [0.2, 0.25) is 10.0 Å². The number of halogens is 2. The van der Waals surface area contributed by atoms with Gasteiger partial charge in [0.15, 0.2) is 0 Å². The molecule has 2 heterocycles. The molecule has 10 heteroatoms. The zero-order valence-corrected chi connectivity index (χ0v) is 17.1. The van der Waals surface area contributed by atoms with Crippen LogP contribution in [-0.2, 0) is 26.5 Å². The number of anilines is 1. The average molecular weight is 443 g/mol. The predicted octanol–water partition coefficient (Wildman–Crippen LogP) is 2.89. The summed E-state index contributed by atoms with van der Waals surface area (Å²) in [4.78, 5) is -0.345. The summed E-state index contributed by atoms with van der Waals surface area (Å²) < 4.78 is 81.1. The highest BCUT2D eigenvalue weighted by molar-refractivity contribution is 7.92. The van der Waals surface area contributed by atoms with Crippen molar-refractivity contribution in [1.29, 1.82) is 0 Å². The number of sulfonamides is 2. The maximum atomic E-state index is 13.5. The molecule has 0 unspecified atom stereocenters. The van der Waals surface area contributed by atoms with E-state index in [1.54, 1.807) is 0 Å². The van der Waals surface area contributed by atoms with Gasteiger partial charge in [0, 0.05) is 25.7 Å². The summed E-state index contributed by atoms with van der Waals surface area (Å²) >= 11 is 0. The molecule has 0 bridgehead atoms. The minimum atomic E-state index is -4.17. The van der Waals surface area contributed by atoms with Crippen LogP contribution in [0.15, 0.2) is 46.2 Å². The van der Waals surface area contributed by atoms with E-state index < -0.39 is 36.6 Å². The quantitative estimate of drug-likeness (QED) is 0.730. The van der Waals surface area contributed by atoms with Crippen molar-refractivity contribution in [2.24, 2.45) is 0 Å². The smallest absolute Gasteiger partial charge is 0.264 e. The van der Waals surface area contributed by atoms with E-state index in [2.05, 4.69) is 0 Å². The highest BCUT2D eigenvalue weighted by Crippen LogP contribution is 2.35. The highest BCUT2D eigenvalue weighted by atomic mass is 32.2. The van der Waals surface area contributed by atoms with Gasteiger partial charge in [-0.1, -0.05) is 6.42 Å². The second kappa shape index (κ2) is 7.33. The van der Waals surface area contributed by atoms with Gasteiger partial charge < -0.3 is 0 Å². The van der Waals surface area contributed by atoms with Gasteiger partial charge in [0.05, 0.1) is 15.5 Å². The molecule has 2 aliphatic rings. The molecule has 0 aromatic heterocycles. The van der Waals surface area contributed by atoms with Crippen LogP contribution in [0.4, 0.5) is 14.5 Å². The van der Waals surface area contributed by atoms with Gasteiger partial charge in [-0.3, -0.25) is 4.31 Å². The largest absolute Gasteiger partial charge is 0.266 e. The fraction of sp³-hybridized carbons (Fsp3) is 0.368. The van der Waals surface area contributed by atoms with Crippen LogP contribution in [0.1, 0.15) is 24.8 Å². The lowest BCUT2D eigenvalue weighted by Gasteiger charge is -2.26. The minimum absolute atomic E-state index is 0.0724. The SMILES string of the molecule is O=S(=O)(c1ccc2c(c1)CCN2S(=O)(=O)c1cc(F)cc(F)c1)N1CCCCC1. The summed E-state index contributed by atoms with van der Waals surface area (Å²) in [6.45, 7) is 1.03. The summed E-state index contributed by atoms with van der Waals surface area (Å²) in [5.74, 6) is -1.96. The molecule has 156 valence electrons. The first-order valence-electron chi connectivity index (χ1n) is 9.31. The Bertz CT molecular complexity index is 1140. The van der Waals surface area contributed by atoms with E-state index in [0.29, 0.717) is 36.8 Å². The Morgan fingerprint density at radius 1 is 0.724 bits per heavy atom. The first-order chi connectivity index (χ1) is 13.7. The van der Waals surface area contributed by atoms with E-state index >= 15 is 0 Å². The van der Waals surface area contributed by atoms with Crippen LogP contribution in [-0.4, -0.2) is 40.8 Å². The van der Waals surface area contributed by atoms with Gasteiger partial charge in [-0.05, 0) is 55.2 Å². The summed E-state index contributed by atoms with van der Waals surface area (Å²) in [5, 5.41) is 0. The number of hydrogen-bond acceptors (Lipinski definition) is 4. The topological polar surface area (TPSA) is 74.8 Å². The average Bonchev–Trinajstić information content (AvgIpc) is 3.12. The Hall–Kier alpha value is -2.04. The van der Waals surface area contributed by atoms with E-state index in [9.17, 15) is 25.6 Å². The maximum absolute atomic E-state index is 13.5. The normalized spacial score (nSPS) is 18.1. The van der Waals surface area contributed by atoms with Crippen LogP contribution in [0.5, 0.6) is 0 Å². The van der Waals surface area contributed by atoms with Crippen LogP contribution >= 0.6 is 0 Å². The molecule has 29 heavy (non-hydrogen) atoms. The Balaban J connectivity index is 1.68. The molecule has 2 aliphatic heterocycles. The van der Waals surface area contributed by atoms with Crippen molar-refractivity contribution in [3.8, 4) is 0 Å². The number of nitrogens with zero attached hydrogens (tertiary/aromatic N) is 2. The van der Waals surface area contributed by atoms with Crippen molar-refractivity contribution in [3.63, 3.8) is 0 Å². The van der Waals surface area contributed by atoms with Crippen molar-refractivity contribution in [3.05, 3.63) is 53.6 Å². The molecule has 0 aliphatic carbocycles. The van der Waals surface area contributed by atoms with Crippen molar-refractivity contribution in [2.45, 2.75) is 35.5 Å². The molecule has 1 saturated heterocycles. The standard InChI is InChI=1S/C19H20F2N2O4S2/c20-15-11-16(21)13-18(12-15)29(26,27)23-9-6-14-10-17(4-5-19(14)23)28(24,25)22-7-2-1-3-8-22/h4-5,10-13H,1-3,6-9H2. The first kappa shape index (κ1) is 20.2. The van der Waals surface area contributed by atoms with Gasteiger partial charge in [0.25, 0.3) is 10.0 Å². The van der Waals surface area contributed by atoms with Gasteiger partial charge in [-0.2, -0.15) is 4.31 Å². The van der Waals surface area contributed by atoms with E-state index in [-0.39, 0.29) is 11.4 Å². The number of benzene rings is 2. The monoisotopic (exact) mass is 442 g/mol. The molecular formula is C19H20F2N2O4S2. The molecule has 6 nitrogen and oxygen atoms in total. The predicted molar refractivity (Wildman–Crippen MR) is 104 cm³/mol. The summed E-state index contributed by atoms with van der Waals surface area (Å²) in [6, 6.07) is 6.49. The van der Waals surface area contributed by atoms with Crippen molar-refractivity contribution in [1.82, 2.24) is 4.31 Å². The maximum Gasteiger partial charge on any atom is 0.264 e. The van der Waals surface area contributed by atoms with Crippen molar-refractivity contribution >= 4 is 25.7 Å². The van der Waals surface area contributed by atoms with Gasteiger partial charge >= 0.3 is 0 Å². The van der Waals surface area contributed by atoms with Gasteiger partial charge in [0.1, 0.15) is 11.6 Å². The lowest BCUT2D eigenvalue weighted by Crippen LogP contribution is -2.35. The van der Waals surface area contributed by atoms with Crippen LogP contribution in [0, 0.1) is 11.6 Å². The molecule has 1 fully saturated rings. The molecular weight excluding hydrogens is 422 g/mol. The summed E-state index contributed by atoms with van der Waals surface area (Å²) in [7, 11) is -7.81. The zero-order valence-electron chi connectivity index (χ0n) is 15.5. The number of rotatable bonds is 4. The lowest BCUT2D eigenvalue weighted by atomic mass is 10.2. The number of piperidine rings is 1. The molecule has 4 rings (SSSR count). The third kappa shape index (κ3) is 3.64. The van der Waals surface area contributed by atoms with Crippen LogP contribution in [0.25, 0.3) is 0 Å². The lowest BCUT2D eigenvalue weighted by molar-refractivity contribution is 0.346. The van der Waals surface area contributed by atoms with Crippen molar-refractivity contribution in [2.75, 3.05) is 23.9 Å². The van der Waals surface area contributed by atoms with E-state index in [1.807, 2.05) is 0 Å². The second-order valence-electron chi connectivity index (χ2n) is 7.19. The van der Waals surface area contributed by atoms with Crippen molar-refractivity contribution < 1.29 is 25.6 Å². The van der Waals surface area contributed by atoms with E-state index in [0.717, 1.165) is 35.7 Å². The second-order valence-corrected chi connectivity index (χ2v) is 11.0. The zero-order chi connectivity index (χ0) is 20.8. The molecule has 2 aromatic carbocycles. The molecule has 0 radical (unpaired) electrons. The van der Waals surface area contributed by atoms with Crippen LogP contribution < -0.4 is 4.31 Å². The number of hydrogen-bond donors (Lipinski definition) is 0. The molecule has 0 spiro atoms. The Labute approximate surface area is 168 Å². The summed E-state index contributed by atoms with van der Waals surface area (Å²) in [6.07, 6.45) is 2.96. The first-order valence-corrected chi connectivity index (χ1v) is 12.2. The molecule has 0 saturated carbocycles. The third-order valence-corrected chi connectivity index (χ3v) is 8.97. The fourth-order valence-corrected chi connectivity index (χ4v) is 6.93. The molecule has 0 atom stereocenters. The number of fused-ring (bicyclic) bond motifs is 1. The molecule has 0 amide bonds. The Morgan fingerprint density at radius 3 is 2.03 bits per heavy atom. The van der Waals surface area contributed by atoms with Gasteiger partial charge in [-0.25, -0.2) is 25.6 Å². The Morgan fingerprint density at radius 2 is 1.38 bits per heavy atom. The fourth-order valence-electron chi connectivity index (χ4n) is 3.82.